The molecule has 0 aromatic carbocycles. The molecule has 1 aliphatic carbocycles. The Hall–Kier alpha value is -0.120. The number of hydrogen-bond donors (Lipinski definition) is 2. The molecule has 1 saturated heterocycles. The smallest absolute Gasteiger partial charge is 0.0597 e. The molecule has 1 saturated carbocycles. The lowest BCUT2D eigenvalue weighted by Crippen LogP contribution is -2.44. The Morgan fingerprint density at radius 2 is 1.82 bits per heavy atom. The second-order valence-electron chi connectivity index (χ2n) is 5.99. The lowest BCUT2D eigenvalue weighted by Gasteiger charge is -2.32. The number of aliphatic hydroxyl groups is 1. The van der Waals surface area contributed by atoms with Crippen LogP contribution in [-0.4, -0.2) is 48.3 Å². The minimum Gasteiger partial charge on any atom is -0.395 e. The van der Waals surface area contributed by atoms with Gasteiger partial charge in [0.1, 0.15) is 0 Å². The third kappa shape index (κ3) is 3.94. The third-order valence-electron chi connectivity index (χ3n) is 4.32. The maximum Gasteiger partial charge on any atom is 0.0597 e. The molecule has 0 aromatic rings. The third-order valence-corrected chi connectivity index (χ3v) is 4.32. The van der Waals surface area contributed by atoms with Gasteiger partial charge < -0.3 is 10.4 Å². The van der Waals surface area contributed by atoms with Gasteiger partial charge in [-0.25, -0.2) is 0 Å². The summed E-state index contributed by atoms with van der Waals surface area (Å²) in [4.78, 5) is 2.65. The second kappa shape index (κ2) is 6.72. The van der Waals surface area contributed by atoms with Gasteiger partial charge in [0.05, 0.1) is 6.61 Å². The molecule has 2 atom stereocenters. The molecule has 2 rings (SSSR count). The van der Waals surface area contributed by atoms with E-state index in [-0.39, 0.29) is 12.6 Å². The normalized spacial score (nSPS) is 34.2. The van der Waals surface area contributed by atoms with Crippen molar-refractivity contribution in [1.82, 2.24) is 10.2 Å². The average Bonchev–Trinajstić information content (AvgIpc) is 2.69. The molecule has 0 bridgehead atoms. The van der Waals surface area contributed by atoms with E-state index in [4.69, 9.17) is 0 Å². The van der Waals surface area contributed by atoms with Crippen molar-refractivity contribution in [3.05, 3.63) is 0 Å². The second-order valence-corrected chi connectivity index (χ2v) is 5.99. The van der Waals surface area contributed by atoms with Crippen molar-refractivity contribution < 1.29 is 5.11 Å². The van der Waals surface area contributed by atoms with E-state index in [1.54, 1.807) is 0 Å². The van der Waals surface area contributed by atoms with Crippen LogP contribution in [-0.2, 0) is 0 Å². The number of nitrogens with zero attached hydrogens (tertiary/aromatic N) is 1. The van der Waals surface area contributed by atoms with E-state index >= 15 is 0 Å². The lowest BCUT2D eigenvalue weighted by molar-refractivity contribution is 0.143. The standard InChI is InChI=1S/C14H28N2O/c1-12-8-15-13(11-17)10-16(9-12)14-6-4-2-3-5-7-14/h12-15,17H,2-11H2,1H3. The van der Waals surface area contributed by atoms with Crippen LogP contribution in [0.5, 0.6) is 0 Å². The maximum absolute atomic E-state index is 9.38. The zero-order valence-corrected chi connectivity index (χ0v) is 11.2. The van der Waals surface area contributed by atoms with Gasteiger partial charge in [-0.15, -0.1) is 0 Å². The first-order valence-corrected chi connectivity index (χ1v) is 7.38. The first kappa shape index (κ1) is 13.3. The molecule has 2 N–H and O–H groups in total. The Labute approximate surface area is 106 Å². The number of nitrogens with one attached hydrogen (secondary N) is 1. The summed E-state index contributed by atoms with van der Waals surface area (Å²) in [5.41, 5.74) is 0. The Morgan fingerprint density at radius 3 is 2.47 bits per heavy atom. The van der Waals surface area contributed by atoms with Crippen LogP contribution in [0.1, 0.15) is 45.4 Å². The Morgan fingerprint density at radius 1 is 1.12 bits per heavy atom. The van der Waals surface area contributed by atoms with Crippen molar-refractivity contribution in [2.24, 2.45) is 5.92 Å². The molecule has 0 amide bonds. The highest BCUT2D eigenvalue weighted by atomic mass is 16.3. The summed E-state index contributed by atoms with van der Waals surface area (Å²) in [7, 11) is 0. The van der Waals surface area contributed by atoms with Crippen LogP contribution < -0.4 is 5.32 Å². The van der Waals surface area contributed by atoms with Crippen molar-refractivity contribution in [2.45, 2.75) is 57.5 Å². The minimum absolute atomic E-state index is 0.274. The van der Waals surface area contributed by atoms with Gasteiger partial charge in [0.25, 0.3) is 0 Å². The summed E-state index contributed by atoms with van der Waals surface area (Å²) in [6.07, 6.45) is 8.36. The van der Waals surface area contributed by atoms with Crippen LogP contribution in [0, 0.1) is 5.92 Å². The molecule has 3 nitrogen and oxygen atoms in total. The Balaban J connectivity index is 1.95. The monoisotopic (exact) mass is 240 g/mol. The Kier molecular flexibility index (Phi) is 5.26. The average molecular weight is 240 g/mol. The van der Waals surface area contributed by atoms with E-state index in [0.29, 0.717) is 5.92 Å². The molecule has 1 heterocycles. The topological polar surface area (TPSA) is 35.5 Å². The molecule has 1 aliphatic heterocycles. The summed E-state index contributed by atoms with van der Waals surface area (Å²) in [5.74, 6) is 0.704. The molecule has 3 heteroatoms. The highest BCUT2D eigenvalue weighted by molar-refractivity contribution is 4.84. The van der Waals surface area contributed by atoms with Gasteiger partial charge in [0.15, 0.2) is 0 Å². The molecule has 17 heavy (non-hydrogen) atoms. The fraction of sp³-hybridized carbons (Fsp3) is 1.00. The van der Waals surface area contributed by atoms with Gasteiger partial charge in [0.2, 0.25) is 0 Å². The van der Waals surface area contributed by atoms with E-state index in [1.165, 1.54) is 45.1 Å². The van der Waals surface area contributed by atoms with Crippen molar-refractivity contribution in [3.8, 4) is 0 Å². The maximum atomic E-state index is 9.38. The lowest BCUT2D eigenvalue weighted by atomic mass is 10.0. The summed E-state index contributed by atoms with van der Waals surface area (Å²) in [6, 6.07) is 1.05. The summed E-state index contributed by atoms with van der Waals surface area (Å²) in [6.45, 7) is 5.88. The van der Waals surface area contributed by atoms with E-state index in [1.807, 2.05) is 0 Å². The first-order chi connectivity index (χ1) is 8.29. The fourth-order valence-electron chi connectivity index (χ4n) is 3.30. The molecule has 2 unspecified atom stereocenters. The van der Waals surface area contributed by atoms with E-state index in [2.05, 4.69) is 17.1 Å². The largest absolute Gasteiger partial charge is 0.395 e. The van der Waals surface area contributed by atoms with Crippen LogP contribution in [0.15, 0.2) is 0 Å². The molecular formula is C14H28N2O. The van der Waals surface area contributed by atoms with Crippen molar-refractivity contribution in [1.29, 1.82) is 0 Å². The van der Waals surface area contributed by atoms with Crippen LogP contribution >= 0.6 is 0 Å². The summed E-state index contributed by atoms with van der Waals surface area (Å²) >= 11 is 0. The molecular weight excluding hydrogens is 212 g/mol. The molecule has 2 fully saturated rings. The summed E-state index contributed by atoms with van der Waals surface area (Å²) < 4.78 is 0. The van der Waals surface area contributed by atoms with Crippen molar-refractivity contribution >= 4 is 0 Å². The van der Waals surface area contributed by atoms with Gasteiger partial charge in [-0.05, 0) is 25.3 Å². The predicted molar refractivity (Wildman–Crippen MR) is 71.1 cm³/mol. The molecule has 2 aliphatic rings. The highest BCUT2D eigenvalue weighted by Crippen LogP contribution is 2.23. The molecule has 100 valence electrons. The first-order valence-electron chi connectivity index (χ1n) is 7.38. The van der Waals surface area contributed by atoms with Crippen molar-refractivity contribution in [3.63, 3.8) is 0 Å². The van der Waals surface area contributed by atoms with E-state index in [9.17, 15) is 5.11 Å². The number of aliphatic hydroxyl groups excluding tert-OH is 1. The van der Waals surface area contributed by atoms with Gasteiger partial charge >= 0.3 is 0 Å². The van der Waals surface area contributed by atoms with E-state index < -0.39 is 0 Å². The number of hydrogen-bond acceptors (Lipinski definition) is 3. The quantitative estimate of drug-likeness (QED) is 0.720. The van der Waals surface area contributed by atoms with Crippen LogP contribution in [0.25, 0.3) is 0 Å². The minimum atomic E-state index is 0.274. The zero-order chi connectivity index (χ0) is 12.1. The van der Waals surface area contributed by atoms with Crippen LogP contribution in [0.2, 0.25) is 0 Å². The summed E-state index contributed by atoms with van der Waals surface area (Å²) in [5, 5.41) is 12.9. The SMILES string of the molecule is CC1CNC(CO)CN(C2CCCCCC2)C1. The molecule has 0 radical (unpaired) electrons. The molecule has 0 aromatic heterocycles. The van der Waals surface area contributed by atoms with Gasteiger partial charge in [-0.3, -0.25) is 4.90 Å². The Bertz CT molecular complexity index is 214. The molecule has 0 spiro atoms. The van der Waals surface area contributed by atoms with Gasteiger partial charge in [-0.2, -0.15) is 0 Å². The fourth-order valence-corrected chi connectivity index (χ4v) is 3.30. The van der Waals surface area contributed by atoms with Crippen molar-refractivity contribution in [2.75, 3.05) is 26.2 Å². The highest BCUT2D eigenvalue weighted by Gasteiger charge is 2.26. The number of rotatable bonds is 2. The van der Waals surface area contributed by atoms with Gasteiger partial charge in [-0.1, -0.05) is 32.6 Å². The zero-order valence-electron chi connectivity index (χ0n) is 11.2. The van der Waals surface area contributed by atoms with Crippen LogP contribution in [0.3, 0.4) is 0 Å². The van der Waals surface area contributed by atoms with Crippen LogP contribution in [0.4, 0.5) is 0 Å². The predicted octanol–water partition coefficient (Wildman–Crippen LogP) is 1.61. The van der Waals surface area contributed by atoms with E-state index in [0.717, 1.165) is 19.1 Å². The van der Waals surface area contributed by atoms with Gasteiger partial charge in [0, 0.05) is 25.2 Å².